The predicted octanol–water partition coefficient (Wildman–Crippen LogP) is 6.20. The summed E-state index contributed by atoms with van der Waals surface area (Å²) < 4.78 is 13.2. The Kier molecular flexibility index (Phi) is 5.09. The van der Waals surface area contributed by atoms with Gasteiger partial charge >= 0.3 is 0 Å². The van der Waals surface area contributed by atoms with Crippen LogP contribution in [0.4, 0.5) is 4.39 Å². The maximum absolute atomic E-state index is 13.2. The molecule has 4 aromatic rings. The van der Waals surface area contributed by atoms with Crippen molar-refractivity contribution in [1.29, 1.82) is 0 Å². The van der Waals surface area contributed by atoms with Crippen molar-refractivity contribution in [2.75, 3.05) is 0 Å². The van der Waals surface area contributed by atoms with E-state index in [-0.39, 0.29) is 17.6 Å². The zero-order valence-electron chi connectivity index (χ0n) is 15.7. The molecule has 4 aromatic carbocycles. The Morgan fingerprint density at radius 2 is 1.57 bits per heavy atom. The highest BCUT2D eigenvalue weighted by atomic mass is 19.1. The normalized spacial score (nSPS) is 12.2. The molecule has 0 unspecified atom stereocenters. The highest BCUT2D eigenvalue weighted by Crippen LogP contribution is 2.28. The molecule has 1 atom stereocenters. The van der Waals surface area contributed by atoms with Gasteiger partial charge < -0.3 is 10.4 Å². The SMILES string of the molecule is C[C@H](NCc1cc(-c2ccc(F)cc2)ccc1O)c1cccc2ccccc12. The van der Waals surface area contributed by atoms with E-state index < -0.39 is 0 Å². The molecule has 0 heterocycles. The third kappa shape index (κ3) is 3.75. The molecule has 0 saturated heterocycles. The minimum atomic E-state index is -0.256. The highest BCUT2D eigenvalue weighted by molar-refractivity contribution is 5.86. The molecule has 28 heavy (non-hydrogen) atoms. The van der Waals surface area contributed by atoms with Crippen LogP contribution < -0.4 is 5.32 Å². The summed E-state index contributed by atoms with van der Waals surface area (Å²) in [6, 6.07) is 26.7. The second kappa shape index (κ2) is 7.83. The van der Waals surface area contributed by atoms with E-state index in [1.165, 1.54) is 28.5 Å². The average Bonchev–Trinajstić information content (AvgIpc) is 2.73. The van der Waals surface area contributed by atoms with Crippen LogP contribution in [0.3, 0.4) is 0 Å². The first-order chi connectivity index (χ1) is 13.6. The van der Waals surface area contributed by atoms with Gasteiger partial charge in [-0.3, -0.25) is 0 Å². The lowest BCUT2D eigenvalue weighted by Gasteiger charge is -2.17. The van der Waals surface area contributed by atoms with Crippen LogP contribution in [-0.2, 0) is 6.54 Å². The first kappa shape index (κ1) is 18.2. The van der Waals surface area contributed by atoms with Gasteiger partial charge in [-0.15, -0.1) is 0 Å². The number of aromatic hydroxyl groups is 1. The van der Waals surface area contributed by atoms with Gasteiger partial charge in [-0.2, -0.15) is 0 Å². The predicted molar refractivity (Wildman–Crippen MR) is 113 cm³/mol. The fraction of sp³-hybridized carbons (Fsp3) is 0.120. The Morgan fingerprint density at radius 1 is 0.857 bits per heavy atom. The number of halogens is 1. The number of phenols is 1. The van der Waals surface area contributed by atoms with E-state index in [2.05, 4.69) is 48.6 Å². The summed E-state index contributed by atoms with van der Waals surface area (Å²) in [5.74, 6) is -0.00295. The second-order valence-corrected chi connectivity index (χ2v) is 7.02. The first-order valence-corrected chi connectivity index (χ1v) is 9.41. The summed E-state index contributed by atoms with van der Waals surface area (Å²) in [5.41, 5.74) is 3.92. The van der Waals surface area contributed by atoms with Crippen molar-refractivity contribution in [2.45, 2.75) is 19.5 Å². The fourth-order valence-electron chi connectivity index (χ4n) is 3.55. The van der Waals surface area contributed by atoms with Gasteiger partial charge in [0.15, 0.2) is 0 Å². The summed E-state index contributed by atoms with van der Waals surface area (Å²) in [5, 5.41) is 16.2. The van der Waals surface area contributed by atoms with Crippen molar-refractivity contribution in [3.05, 3.63) is 102 Å². The molecule has 0 radical (unpaired) electrons. The van der Waals surface area contributed by atoms with Crippen molar-refractivity contribution in [3.63, 3.8) is 0 Å². The van der Waals surface area contributed by atoms with E-state index in [0.29, 0.717) is 6.54 Å². The lowest BCUT2D eigenvalue weighted by atomic mass is 9.99. The molecule has 0 saturated carbocycles. The third-order valence-corrected chi connectivity index (χ3v) is 5.15. The molecule has 0 aliphatic rings. The number of hydrogen-bond donors (Lipinski definition) is 2. The quantitative estimate of drug-likeness (QED) is 0.438. The largest absolute Gasteiger partial charge is 0.508 e. The van der Waals surface area contributed by atoms with Crippen LogP contribution in [0.25, 0.3) is 21.9 Å². The number of benzene rings is 4. The number of hydrogen-bond acceptors (Lipinski definition) is 2. The second-order valence-electron chi connectivity index (χ2n) is 7.02. The van der Waals surface area contributed by atoms with Gasteiger partial charge in [-0.25, -0.2) is 4.39 Å². The maximum Gasteiger partial charge on any atom is 0.123 e. The van der Waals surface area contributed by atoms with Crippen LogP contribution in [-0.4, -0.2) is 5.11 Å². The molecule has 0 bridgehead atoms. The Labute approximate surface area is 164 Å². The topological polar surface area (TPSA) is 32.3 Å². The van der Waals surface area contributed by atoms with E-state index in [1.807, 2.05) is 18.2 Å². The van der Waals surface area contributed by atoms with Gasteiger partial charge in [0, 0.05) is 18.2 Å². The summed E-state index contributed by atoms with van der Waals surface area (Å²) in [4.78, 5) is 0. The zero-order chi connectivity index (χ0) is 19.5. The van der Waals surface area contributed by atoms with E-state index in [4.69, 9.17) is 0 Å². The summed E-state index contributed by atoms with van der Waals surface area (Å²) in [7, 11) is 0. The van der Waals surface area contributed by atoms with E-state index in [9.17, 15) is 9.50 Å². The van der Waals surface area contributed by atoms with Crippen LogP contribution in [0.15, 0.2) is 84.9 Å². The van der Waals surface area contributed by atoms with Gasteiger partial charge in [0.25, 0.3) is 0 Å². The minimum Gasteiger partial charge on any atom is -0.508 e. The van der Waals surface area contributed by atoms with Gasteiger partial charge in [0.05, 0.1) is 0 Å². The third-order valence-electron chi connectivity index (χ3n) is 5.15. The van der Waals surface area contributed by atoms with Crippen molar-refractivity contribution in [2.24, 2.45) is 0 Å². The molecule has 2 nitrogen and oxygen atoms in total. The number of rotatable bonds is 5. The molecule has 3 heteroatoms. The molecule has 4 rings (SSSR count). The van der Waals surface area contributed by atoms with Crippen LogP contribution >= 0.6 is 0 Å². The molecule has 2 N–H and O–H groups in total. The molecule has 0 spiro atoms. The van der Waals surface area contributed by atoms with E-state index >= 15 is 0 Å². The number of fused-ring (bicyclic) bond motifs is 1. The van der Waals surface area contributed by atoms with Crippen molar-refractivity contribution >= 4 is 10.8 Å². The Hall–Kier alpha value is -3.17. The van der Waals surface area contributed by atoms with Crippen LogP contribution in [0, 0.1) is 5.82 Å². The van der Waals surface area contributed by atoms with Crippen molar-refractivity contribution in [3.8, 4) is 16.9 Å². The van der Waals surface area contributed by atoms with Crippen molar-refractivity contribution in [1.82, 2.24) is 5.32 Å². The summed E-state index contributed by atoms with van der Waals surface area (Å²) >= 11 is 0. The first-order valence-electron chi connectivity index (χ1n) is 9.41. The lowest BCUT2D eigenvalue weighted by molar-refractivity contribution is 0.460. The molecule has 0 fully saturated rings. The Balaban J connectivity index is 1.56. The lowest BCUT2D eigenvalue weighted by Crippen LogP contribution is -2.18. The monoisotopic (exact) mass is 371 g/mol. The van der Waals surface area contributed by atoms with Gasteiger partial charge in [-0.1, -0.05) is 60.7 Å². The fourth-order valence-corrected chi connectivity index (χ4v) is 3.55. The molecular weight excluding hydrogens is 349 g/mol. The Morgan fingerprint density at radius 3 is 2.39 bits per heavy atom. The molecule has 0 aliphatic carbocycles. The van der Waals surface area contributed by atoms with E-state index in [0.717, 1.165) is 16.7 Å². The average molecular weight is 371 g/mol. The van der Waals surface area contributed by atoms with Crippen LogP contribution in [0.1, 0.15) is 24.1 Å². The Bertz CT molecular complexity index is 1100. The molecule has 140 valence electrons. The summed E-state index contributed by atoms with van der Waals surface area (Å²) in [6.45, 7) is 2.66. The molecule has 0 amide bonds. The van der Waals surface area contributed by atoms with Gasteiger partial charge in [-0.05, 0) is 58.7 Å². The van der Waals surface area contributed by atoms with Gasteiger partial charge in [0.1, 0.15) is 11.6 Å². The zero-order valence-corrected chi connectivity index (χ0v) is 15.7. The minimum absolute atomic E-state index is 0.125. The van der Waals surface area contributed by atoms with Crippen LogP contribution in [0.5, 0.6) is 5.75 Å². The number of phenolic OH excluding ortho intramolecular Hbond substituents is 1. The molecule has 0 aromatic heterocycles. The maximum atomic E-state index is 13.2. The van der Waals surface area contributed by atoms with E-state index in [1.54, 1.807) is 18.2 Å². The molecular formula is C25H22FNO. The van der Waals surface area contributed by atoms with Gasteiger partial charge in [0.2, 0.25) is 0 Å². The smallest absolute Gasteiger partial charge is 0.123 e. The van der Waals surface area contributed by atoms with Crippen molar-refractivity contribution < 1.29 is 9.50 Å². The summed E-state index contributed by atoms with van der Waals surface area (Å²) in [6.07, 6.45) is 0. The highest BCUT2D eigenvalue weighted by Gasteiger charge is 2.11. The molecule has 0 aliphatic heterocycles. The standard InChI is InChI=1S/C25H22FNO/c1-17(23-8-4-6-19-5-2-3-7-24(19)23)27-16-21-15-20(11-14-25(21)28)18-9-12-22(26)13-10-18/h2-15,17,27-28H,16H2,1H3/t17-/m0/s1. The van der Waals surface area contributed by atoms with Crippen LogP contribution in [0.2, 0.25) is 0 Å². The number of nitrogens with one attached hydrogen (secondary N) is 1.